The molecule has 1 aromatic rings. The van der Waals surface area contributed by atoms with Crippen LogP contribution in [-0.2, 0) is 11.3 Å². The number of benzene rings is 1. The van der Waals surface area contributed by atoms with E-state index in [1.54, 1.807) is 7.11 Å². The van der Waals surface area contributed by atoms with Gasteiger partial charge in [0.15, 0.2) is 5.96 Å². The smallest absolute Gasteiger partial charge is 0.191 e. The highest BCUT2D eigenvalue weighted by Crippen LogP contribution is 2.15. The van der Waals surface area contributed by atoms with E-state index in [0.717, 1.165) is 38.1 Å². The van der Waals surface area contributed by atoms with Crippen molar-refractivity contribution in [3.05, 3.63) is 35.4 Å². The zero-order chi connectivity index (χ0) is 17.2. The zero-order valence-electron chi connectivity index (χ0n) is 15.8. The Bertz CT molecular complexity index is 516. The number of piperidine rings is 1. The van der Waals surface area contributed by atoms with Gasteiger partial charge in [0.1, 0.15) is 0 Å². The van der Waals surface area contributed by atoms with Gasteiger partial charge in [0.25, 0.3) is 0 Å². The molecule has 25 heavy (non-hydrogen) atoms. The molecule has 1 saturated heterocycles. The number of methoxy groups -OCH3 is 1. The SMILES string of the molecule is CN=C(NCc1cccc(C)c1)NCC1CCN(CCOC)CC1.I. The first-order chi connectivity index (χ1) is 11.7. The fraction of sp³-hybridized carbons (Fsp3) is 0.632. The standard InChI is InChI=1S/C19H32N4O.HI/c1-16-5-4-6-18(13-16)15-22-19(20-2)21-14-17-7-9-23(10-8-17)11-12-24-3;/h4-6,13,17H,7-12,14-15H2,1-3H3,(H2,20,21,22);1H. The molecule has 1 aromatic carbocycles. The summed E-state index contributed by atoms with van der Waals surface area (Å²) >= 11 is 0. The fourth-order valence-corrected chi connectivity index (χ4v) is 3.10. The second-order valence-corrected chi connectivity index (χ2v) is 6.57. The number of aryl methyl sites for hydroxylation is 1. The van der Waals surface area contributed by atoms with Crippen LogP contribution in [0.15, 0.2) is 29.3 Å². The van der Waals surface area contributed by atoms with Gasteiger partial charge in [-0.2, -0.15) is 0 Å². The van der Waals surface area contributed by atoms with Crippen LogP contribution in [0.2, 0.25) is 0 Å². The number of likely N-dealkylation sites (tertiary alicyclic amines) is 1. The van der Waals surface area contributed by atoms with Crippen molar-refractivity contribution < 1.29 is 4.74 Å². The second kappa shape index (κ2) is 12.5. The molecule has 5 nitrogen and oxygen atoms in total. The van der Waals surface area contributed by atoms with Gasteiger partial charge >= 0.3 is 0 Å². The van der Waals surface area contributed by atoms with E-state index in [1.165, 1.54) is 37.1 Å². The maximum Gasteiger partial charge on any atom is 0.191 e. The summed E-state index contributed by atoms with van der Waals surface area (Å²) in [5, 5.41) is 6.88. The Morgan fingerprint density at radius 2 is 2.04 bits per heavy atom. The van der Waals surface area contributed by atoms with Gasteiger partial charge in [-0.15, -0.1) is 24.0 Å². The van der Waals surface area contributed by atoms with Gasteiger partial charge in [0.05, 0.1) is 6.61 Å². The van der Waals surface area contributed by atoms with Crippen molar-refractivity contribution in [1.29, 1.82) is 0 Å². The van der Waals surface area contributed by atoms with E-state index in [4.69, 9.17) is 4.74 Å². The molecule has 0 spiro atoms. The van der Waals surface area contributed by atoms with E-state index < -0.39 is 0 Å². The topological polar surface area (TPSA) is 48.9 Å². The molecule has 6 heteroatoms. The molecule has 2 rings (SSSR count). The predicted octanol–water partition coefficient (Wildman–Crippen LogP) is 2.64. The monoisotopic (exact) mass is 460 g/mol. The number of aliphatic imine (C=N–C) groups is 1. The number of rotatable bonds is 7. The van der Waals surface area contributed by atoms with Crippen LogP contribution in [0, 0.1) is 12.8 Å². The summed E-state index contributed by atoms with van der Waals surface area (Å²) in [7, 11) is 3.60. The van der Waals surface area contributed by atoms with Crippen LogP contribution >= 0.6 is 24.0 Å². The van der Waals surface area contributed by atoms with Gasteiger partial charge in [-0.3, -0.25) is 4.99 Å². The van der Waals surface area contributed by atoms with Gasteiger partial charge in [0, 0.05) is 33.8 Å². The molecule has 2 N–H and O–H groups in total. The Morgan fingerprint density at radius 1 is 1.28 bits per heavy atom. The van der Waals surface area contributed by atoms with E-state index >= 15 is 0 Å². The van der Waals surface area contributed by atoms with Crippen molar-refractivity contribution >= 4 is 29.9 Å². The largest absolute Gasteiger partial charge is 0.383 e. The Balaban J connectivity index is 0.00000312. The molecular weight excluding hydrogens is 427 g/mol. The van der Waals surface area contributed by atoms with Crippen molar-refractivity contribution in [2.75, 3.05) is 46.9 Å². The van der Waals surface area contributed by atoms with E-state index in [9.17, 15) is 0 Å². The van der Waals surface area contributed by atoms with Crippen LogP contribution in [0.3, 0.4) is 0 Å². The van der Waals surface area contributed by atoms with Gasteiger partial charge in [-0.05, 0) is 44.3 Å². The minimum Gasteiger partial charge on any atom is -0.383 e. The van der Waals surface area contributed by atoms with E-state index in [0.29, 0.717) is 0 Å². The van der Waals surface area contributed by atoms with Gasteiger partial charge < -0.3 is 20.3 Å². The summed E-state index contributed by atoms with van der Waals surface area (Å²) in [5.41, 5.74) is 2.57. The molecule has 1 aliphatic rings. The minimum atomic E-state index is 0. The molecule has 0 amide bonds. The van der Waals surface area contributed by atoms with Crippen molar-refractivity contribution in [3.63, 3.8) is 0 Å². The van der Waals surface area contributed by atoms with E-state index in [2.05, 4.69) is 51.7 Å². The number of nitrogens with one attached hydrogen (secondary N) is 2. The molecule has 1 fully saturated rings. The zero-order valence-corrected chi connectivity index (χ0v) is 18.1. The number of halogens is 1. The molecule has 1 aliphatic heterocycles. The highest BCUT2D eigenvalue weighted by molar-refractivity contribution is 14.0. The lowest BCUT2D eigenvalue weighted by Gasteiger charge is -2.32. The molecule has 0 aliphatic carbocycles. The lowest BCUT2D eigenvalue weighted by Crippen LogP contribution is -2.43. The maximum absolute atomic E-state index is 5.16. The van der Waals surface area contributed by atoms with Crippen LogP contribution in [-0.4, -0.2) is 57.8 Å². The first-order valence-electron chi connectivity index (χ1n) is 8.92. The number of ether oxygens (including phenoxy) is 1. The summed E-state index contributed by atoms with van der Waals surface area (Å²) < 4.78 is 5.16. The number of hydrogen-bond donors (Lipinski definition) is 2. The normalized spacial score (nSPS) is 16.4. The molecule has 0 aromatic heterocycles. The summed E-state index contributed by atoms with van der Waals surface area (Å²) in [6, 6.07) is 8.56. The first kappa shape index (κ1) is 22.2. The van der Waals surface area contributed by atoms with Crippen molar-refractivity contribution in [3.8, 4) is 0 Å². The summed E-state index contributed by atoms with van der Waals surface area (Å²) in [6.45, 7) is 8.14. The molecule has 1 heterocycles. The quantitative estimate of drug-likeness (QED) is 0.373. The average Bonchev–Trinajstić information content (AvgIpc) is 2.61. The summed E-state index contributed by atoms with van der Waals surface area (Å²) in [4.78, 5) is 6.82. The van der Waals surface area contributed by atoms with Crippen molar-refractivity contribution in [2.24, 2.45) is 10.9 Å². The van der Waals surface area contributed by atoms with Crippen LogP contribution < -0.4 is 10.6 Å². The molecule has 0 bridgehead atoms. The van der Waals surface area contributed by atoms with Crippen LogP contribution in [0.5, 0.6) is 0 Å². The van der Waals surface area contributed by atoms with Crippen LogP contribution in [0.25, 0.3) is 0 Å². The van der Waals surface area contributed by atoms with Crippen LogP contribution in [0.4, 0.5) is 0 Å². The Hall–Kier alpha value is -0.860. The Labute approximate surface area is 169 Å². The third kappa shape index (κ3) is 8.37. The Kier molecular flexibility index (Phi) is 11.1. The van der Waals surface area contributed by atoms with Crippen molar-refractivity contribution in [1.82, 2.24) is 15.5 Å². The molecular formula is C19H33IN4O. The van der Waals surface area contributed by atoms with Gasteiger partial charge in [-0.1, -0.05) is 29.8 Å². The lowest BCUT2D eigenvalue weighted by molar-refractivity contribution is 0.121. The van der Waals surface area contributed by atoms with Crippen LogP contribution in [0.1, 0.15) is 24.0 Å². The highest BCUT2D eigenvalue weighted by atomic mass is 127. The van der Waals surface area contributed by atoms with Crippen molar-refractivity contribution in [2.45, 2.75) is 26.3 Å². The van der Waals surface area contributed by atoms with E-state index in [1.807, 2.05) is 7.05 Å². The molecule has 0 saturated carbocycles. The highest BCUT2D eigenvalue weighted by Gasteiger charge is 2.18. The predicted molar refractivity (Wildman–Crippen MR) is 116 cm³/mol. The third-order valence-electron chi connectivity index (χ3n) is 4.64. The molecule has 0 unspecified atom stereocenters. The van der Waals surface area contributed by atoms with E-state index in [-0.39, 0.29) is 24.0 Å². The average molecular weight is 460 g/mol. The number of guanidine groups is 1. The van der Waals surface area contributed by atoms with Gasteiger partial charge in [0.2, 0.25) is 0 Å². The third-order valence-corrected chi connectivity index (χ3v) is 4.64. The first-order valence-corrected chi connectivity index (χ1v) is 8.92. The number of nitrogens with zero attached hydrogens (tertiary/aromatic N) is 2. The number of hydrogen-bond acceptors (Lipinski definition) is 3. The second-order valence-electron chi connectivity index (χ2n) is 6.57. The lowest BCUT2D eigenvalue weighted by atomic mass is 9.97. The summed E-state index contributed by atoms with van der Waals surface area (Å²) in [5.74, 6) is 1.61. The molecule has 0 radical (unpaired) electrons. The molecule has 142 valence electrons. The summed E-state index contributed by atoms with van der Waals surface area (Å²) in [6.07, 6.45) is 2.48. The molecule has 0 atom stereocenters. The van der Waals surface area contributed by atoms with Gasteiger partial charge in [-0.25, -0.2) is 0 Å². The maximum atomic E-state index is 5.16. The fourth-order valence-electron chi connectivity index (χ4n) is 3.10. The minimum absolute atomic E-state index is 0. The Morgan fingerprint density at radius 3 is 2.68 bits per heavy atom.